The maximum atomic E-state index is 5.26. The number of ether oxygens (including phenoxy) is 1. The standard InChI is InChI=1S/C16H25N3O/c1-3-17-15(19-11-16(2)12-20-13-16)18-10-9-14-7-5-4-6-8-14/h4-8H,3,9-13H2,1-2H3,(H2,17,18,19). The number of hydrogen-bond donors (Lipinski definition) is 2. The summed E-state index contributed by atoms with van der Waals surface area (Å²) in [6.07, 6.45) is 1.01. The molecule has 1 aliphatic rings. The largest absolute Gasteiger partial charge is 0.380 e. The van der Waals surface area contributed by atoms with Crippen LogP contribution in [-0.4, -0.2) is 38.8 Å². The molecule has 0 unspecified atom stereocenters. The molecule has 2 N–H and O–H groups in total. The molecule has 1 aromatic rings. The van der Waals surface area contributed by atoms with Gasteiger partial charge >= 0.3 is 0 Å². The molecule has 0 radical (unpaired) electrons. The molecular formula is C16H25N3O. The Kier molecular flexibility index (Phi) is 5.41. The summed E-state index contributed by atoms with van der Waals surface area (Å²) in [5.41, 5.74) is 1.57. The number of nitrogens with zero attached hydrogens (tertiary/aromatic N) is 1. The van der Waals surface area contributed by atoms with Crippen molar-refractivity contribution in [2.75, 3.05) is 32.8 Å². The third-order valence-electron chi connectivity index (χ3n) is 3.41. The summed E-state index contributed by atoms with van der Waals surface area (Å²) in [5.74, 6) is 0.900. The van der Waals surface area contributed by atoms with Crippen LogP contribution < -0.4 is 10.6 Å². The van der Waals surface area contributed by atoms with Crippen LogP contribution in [0.5, 0.6) is 0 Å². The fourth-order valence-electron chi connectivity index (χ4n) is 2.12. The summed E-state index contributed by atoms with van der Waals surface area (Å²) in [5, 5.41) is 6.68. The van der Waals surface area contributed by atoms with Gasteiger partial charge in [-0.25, -0.2) is 0 Å². The Morgan fingerprint density at radius 1 is 1.25 bits per heavy atom. The van der Waals surface area contributed by atoms with Gasteiger partial charge in [0, 0.05) is 18.5 Å². The first kappa shape index (κ1) is 14.9. The molecule has 110 valence electrons. The lowest BCUT2D eigenvalue weighted by molar-refractivity contribution is -0.0945. The lowest BCUT2D eigenvalue weighted by atomic mass is 9.89. The van der Waals surface area contributed by atoms with Crippen LogP contribution in [0, 0.1) is 5.41 Å². The van der Waals surface area contributed by atoms with Gasteiger partial charge < -0.3 is 15.4 Å². The molecule has 4 nitrogen and oxygen atoms in total. The van der Waals surface area contributed by atoms with E-state index >= 15 is 0 Å². The third kappa shape index (κ3) is 4.53. The molecule has 0 spiro atoms. The molecule has 0 bridgehead atoms. The van der Waals surface area contributed by atoms with E-state index in [4.69, 9.17) is 4.74 Å². The summed E-state index contributed by atoms with van der Waals surface area (Å²) < 4.78 is 5.26. The van der Waals surface area contributed by atoms with Gasteiger partial charge in [-0.1, -0.05) is 37.3 Å². The van der Waals surface area contributed by atoms with E-state index in [-0.39, 0.29) is 5.41 Å². The van der Waals surface area contributed by atoms with Crippen molar-refractivity contribution in [1.82, 2.24) is 10.6 Å². The number of hydrogen-bond acceptors (Lipinski definition) is 2. The van der Waals surface area contributed by atoms with Crippen molar-refractivity contribution < 1.29 is 4.74 Å². The van der Waals surface area contributed by atoms with Crippen molar-refractivity contribution in [3.63, 3.8) is 0 Å². The van der Waals surface area contributed by atoms with Gasteiger partial charge in [-0.15, -0.1) is 0 Å². The Hall–Kier alpha value is -1.55. The van der Waals surface area contributed by atoms with Gasteiger partial charge in [0.1, 0.15) is 0 Å². The van der Waals surface area contributed by atoms with Crippen molar-refractivity contribution in [2.24, 2.45) is 10.4 Å². The van der Waals surface area contributed by atoms with Crippen LogP contribution in [0.4, 0.5) is 0 Å². The van der Waals surface area contributed by atoms with Crippen LogP contribution in [0.1, 0.15) is 19.4 Å². The predicted octanol–water partition coefficient (Wildman–Crippen LogP) is 1.82. The lowest BCUT2D eigenvalue weighted by Crippen LogP contribution is -2.44. The molecule has 1 aliphatic heterocycles. The van der Waals surface area contributed by atoms with Gasteiger partial charge in [0.2, 0.25) is 0 Å². The number of benzene rings is 1. The van der Waals surface area contributed by atoms with Gasteiger partial charge in [0.25, 0.3) is 0 Å². The molecule has 1 fully saturated rings. The fraction of sp³-hybridized carbons (Fsp3) is 0.562. The highest BCUT2D eigenvalue weighted by atomic mass is 16.5. The minimum Gasteiger partial charge on any atom is -0.380 e. The fourth-order valence-corrected chi connectivity index (χ4v) is 2.12. The SMILES string of the molecule is CCNC(=NCC1(C)COC1)NCCc1ccccc1. The lowest BCUT2D eigenvalue weighted by Gasteiger charge is -2.36. The van der Waals surface area contributed by atoms with Gasteiger partial charge in [0.15, 0.2) is 5.96 Å². The summed E-state index contributed by atoms with van der Waals surface area (Å²) in [7, 11) is 0. The van der Waals surface area contributed by atoms with Crippen LogP contribution in [0.3, 0.4) is 0 Å². The molecule has 1 saturated heterocycles. The summed E-state index contributed by atoms with van der Waals surface area (Å²) in [6, 6.07) is 10.5. The second-order valence-electron chi connectivity index (χ2n) is 5.66. The van der Waals surface area contributed by atoms with E-state index in [1.165, 1.54) is 5.56 Å². The zero-order valence-corrected chi connectivity index (χ0v) is 12.5. The molecule has 0 aliphatic carbocycles. The van der Waals surface area contributed by atoms with Gasteiger partial charge in [0.05, 0.1) is 19.8 Å². The van der Waals surface area contributed by atoms with Gasteiger partial charge in [-0.3, -0.25) is 4.99 Å². The summed E-state index contributed by atoms with van der Waals surface area (Å²) >= 11 is 0. The quantitative estimate of drug-likeness (QED) is 0.615. The molecule has 0 aromatic heterocycles. The van der Waals surface area contributed by atoms with E-state index < -0.39 is 0 Å². The molecule has 2 rings (SSSR count). The molecule has 4 heteroatoms. The maximum absolute atomic E-state index is 5.26. The predicted molar refractivity (Wildman–Crippen MR) is 83.1 cm³/mol. The van der Waals surface area contributed by atoms with E-state index in [1.807, 2.05) is 6.07 Å². The summed E-state index contributed by atoms with van der Waals surface area (Å²) in [4.78, 5) is 4.65. The average molecular weight is 275 g/mol. The van der Waals surface area contributed by atoms with E-state index in [2.05, 4.69) is 53.7 Å². The van der Waals surface area contributed by atoms with Crippen molar-refractivity contribution in [3.05, 3.63) is 35.9 Å². The van der Waals surface area contributed by atoms with Crippen LogP contribution in [0.25, 0.3) is 0 Å². The smallest absolute Gasteiger partial charge is 0.191 e. The van der Waals surface area contributed by atoms with Crippen LogP contribution in [0.15, 0.2) is 35.3 Å². The molecule has 0 amide bonds. The van der Waals surface area contributed by atoms with Crippen molar-refractivity contribution in [2.45, 2.75) is 20.3 Å². The highest BCUT2D eigenvalue weighted by Crippen LogP contribution is 2.26. The first-order valence-corrected chi connectivity index (χ1v) is 7.36. The van der Waals surface area contributed by atoms with Crippen LogP contribution in [0.2, 0.25) is 0 Å². The topological polar surface area (TPSA) is 45.7 Å². The minimum absolute atomic E-state index is 0.224. The van der Waals surface area contributed by atoms with E-state index in [0.717, 1.165) is 45.2 Å². The average Bonchev–Trinajstić information content (AvgIpc) is 2.44. The molecule has 20 heavy (non-hydrogen) atoms. The zero-order chi connectivity index (χ0) is 14.3. The number of guanidine groups is 1. The molecule has 0 saturated carbocycles. The second kappa shape index (κ2) is 7.29. The van der Waals surface area contributed by atoms with Crippen LogP contribution in [-0.2, 0) is 11.2 Å². The Bertz CT molecular complexity index is 427. The highest BCUT2D eigenvalue weighted by Gasteiger charge is 2.33. The Labute approximate surface area is 121 Å². The summed E-state index contributed by atoms with van der Waals surface area (Å²) in [6.45, 7) is 8.52. The van der Waals surface area contributed by atoms with Crippen molar-refractivity contribution >= 4 is 5.96 Å². The number of nitrogens with one attached hydrogen (secondary N) is 2. The monoisotopic (exact) mass is 275 g/mol. The Morgan fingerprint density at radius 3 is 2.60 bits per heavy atom. The highest BCUT2D eigenvalue weighted by molar-refractivity contribution is 5.79. The van der Waals surface area contributed by atoms with Gasteiger partial charge in [-0.05, 0) is 18.9 Å². The first-order chi connectivity index (χ1) is 9.72. The maximum Gasteiger partial charge on any atom is 0.191 e. The van der Waals surface area contributed by atoms with Crippen molar-refractivity contribution in [1.29, 1.82) is 0 Å². The zero-order valence-electron chi connectivity index (χ0n) is 12.5. The Balaban J connectivity index is 1.78. The third-order valence-corrected chi connectivity index (χ3v) is 3.41. The van der Waals surface area contributed by atoms with E-state index in [1.54, 1.807) is 0 Å². The van der Waals surface area contributed by atoms with Crippen LogP contribution >= 0.6 is 0 Å². The number of rotatable bonds is 6. The van der Waals surface area contributed by atoms with Crippen molar-refractivity contribution in [3.8, 4) is 0 Å². The molecular weight excluding hydrogens is 250 g/mol. The first-order valence-electron chi connectivity index (χ1n) is 7.36. The molecule has 1 aromatic carbocycles. The Morgan fingerprint density at radius 2 is 2.00 bits per heavy atom. The second-order valence-corrected chi connectivity index (χ2v) is 5.66. The normalized spacial score (nSPS) is 17.4. The van der Waals surface area contributed by atoms with E-state index in [0.29, 0.717) is 0 Å². The molecule has 1 heterocycles. The van der Waals surface area contributed by atoms with Gasteiger partial charge in [-0.2, -0.15) is 0 Å². The number of aliphatic imine (C=N–C) groups is 1. The minimum atomic E-state index is 0.224. The molecule has 0 atom stereocenters. The van der Waals surface area contributed by atoms with E-state index in [9.17, 15) is 0 Å².